The molecule has 158 valence electrons. The molecule has 7 heteroatoms. The first kappa shape index (κ1) is 20.0. The number of primary amides is 1. The van der Waals surface area contributed by atoms with Crippen molar-refractivity contribution in [1.82, 2.24) is 4.57 Å². The molecule has 3 aromatic heterocycles. The van der Waals surface area contributed by atoms with Crippen LogP contribution in [0.2, 0.25) is 0 Å². The number of nitrogens with zero attached hydrogens (tertiary/aromatic N) is 1. The predicted octanol–water partition coefficient (Wildman–Crippen LogP) is 5.24. The summed E-state index contributed by atoms with van der Waals surface area (Å²) < 4.78 is 3.16. The van der Waals surface area contributed by atoms with Crippen molar-refractivity contribution < 1.29 is 9.59 Å². The molecule has 0 saturated carbocycles. The zero-order valence-corrected chi connectivity index (χ0v) is 18.7. The van der Waals surface area contributed by atoms with Gasteiger partial charge in [-0.05, 0) is 60.7 Å². The van der Waals surface area contributed by atoms with Crippen molar-refractivity contribution in [2.45, 2.75) is 38.6 Å². The molecule has 0 fully saturated rings. The average molecular weight is 450 g/mol. The monoisotopic (exact) mass is 449 g/mol. The minimum atomic E-state index is -0.463. The second-order valence-corrected chi connectivity index (χ2v) is 9.87. The lowest BCUT2D eigenvalue weighted by atomic mass is 9.95. The molecule has 1 aliphatic rings. The van der Waals surface area contributed by atoms with Crippen molar-refractivity contribution in [3.63, 3.8) is 0 Å². The lowest BCUT2D eigenvalue weighted by molar-refractivity contribution is 0.100. The molecule has 4 aromatic rings. The van der Waals surface area contributed by atoms with Gasteiger partial charge in [0.15, 0.2) is 0 Å². The van der Waals surface area contributed by atoms with Crippen molar-refractivity contribution >= 4 is 49.7 Å². The van der Waals surface area contributed by atoms with Gasteiger partial charge in [-0.3, -0.25) is 9.59 Å². The number of benzene rings is 1. The zero-order valence-electron chi connectivity index (χ0n) is 17.0. The maximum atomic E-state index is 13.3. The van der Waals surface area contributed by atoms with Gasteiger partial charge in [0.05, 0.1) is 15.8 Å². The summed E-state index contributed by atoms with van der Waals surface area (Å²) in [5.74, 6) is -0.660. The van der Waals surface area contributed by atoms with Gasteiger partial charge in [0, 0.05) is 11.4 Å². The summed E-state index contributed by atoms with van der Waals surface area (Å²) in [4.78, 5) is 26.7. The Kier molecular flexibility index (Phi) is 5.38. The average Bonchev–Trinajstić information content (AvgIpc) is 3.45. The normalized spacial score (nSPS) is 13.3. The van der Waals surface area contributed by atoms with Crippen LogP contribution in [0.25, 0.3) is 10.2 Å². The summed E-state index contributed by atoms with van der Waals surface area (Å²) in [6, 6.07) is 14.3. The molecule has 3 N–H and O–H groups in total. The molecule has 0 atom stereocenters. The van der Waals surface area contributed by atoms with Crippen LogP contribution in [0.15, 0.2) is 47.8 Å². The van der Waals surface area contributed by atoms with Crippen LogP contribution in [-0.2, 0) is 25.8 Å². The summed E-state index contributed by atoms with van der Waals surface area (Å²) >= 11 is 3.12. The number of aromatic nitrogens is 1. The topological polar surface area (TPSA) is 77.1 Å². The second-order valence-electron chi connectivity index (χ2n) is 7.82. The first-order valence-electron chi connectivity index (χ1n) is 10.5. The number of thiophene rings is 2. The van der Waals surface area contributed by atoms with Gasteiger partial charge in [0.2, 0.25) is 0 Å². The second kappa shape index (κ2) is 8.32. The van der Waals surface area contributed by atoms with Gasteiger partial charge in [0.1, 0.15) is 10.7 Å². The van der Waals surface area contributed by atoms with Crippen LogP contribution in [0.3, 0.4) is 0 Å². The summed E-state index contributed by atoms with van der Waals surface area (Å²) in [6.45, 7) is 0.705. The molecule has 3 heterocycles. The summed E-state index contributed by atoms with van der Waals surface area (Å²) in [7, 11) is 0. The van der Waals surface area contributed by atoms with Gasteiger partial charge in [-0.1, -0.05) is 30.3 Å². The highest BCUT2D eigenvalue weighted by atomic mass is 32.1. The number of anilines is 1. The van der Waals surface area contributed by atoms with Crippen LogP contribution in [0.4, 0.5) is 5.00 Å². The molecule has 1 aromatic carbocycles. The summed E-state index contributed by atoms with van der Waals surface area (Å²) in [5, 5.41) is 5.65. The molecule has 0 bridgehead atoms. The van der Waals surface area contributed by atoms with Gasteiger partial charge in [-0.25, -0.2) is 0 Å². The number of carbonyl (C=O) groups is 2. The van der Waals surface area contributed by atoms with E-state index >= 15 is 0 Å². The van der Waals surface area contributed by atoms with E-state index < -0.39 is 5.91 Å². The summed E-state index contributed by atoms with van der Waals surface area (Å²) in [6.07, 6.45) is 4.79. The van der Waals surface area contributed by atoms with Crippen LogP contribution in [0, 0.1) is 0 Å². The molecule has 5 nitrogen and oxygen atoms in total. The molecule has 1 aliphatic carbocycles. The number of hydrogen-bond donors (Lipinski definition) is 2. The van der Waals surface area contributed by atoms with Crippen molar-refractivity contribution in [2.75, 3.05) is 5.32 Å². The van der Waals surface area contributed by atoms with E-state index in [1.165, 1.54) is 21.8 Å². The largest absolute Gasteiger partial charge is 0.365 e. The molecule has 31 heavy (non-hydrogen) atoms. The highest BCUT2D eigenvalue weighted by Gasteiger charge is 2.26. The Morgan fingerprint density at radius 3 is 2.71 bits per heavy atom. The number of rotatable bonds is 6. The lowest BCUT2D eigenvalue weighted by Crippen LogP contribution is -2.20. The van der Waals surface area contributed by atoms with E-state index in [1.54, 1.807) is 11.3 Å². The predicted molar refractivity (Wildman–Crippen MR) is 127 cm³/mol. The molecule has 5 rings (SSSR count). The van der Waals surface area contributed by atoms with Crippen molar-refractivity contribution in [2.24, 2.45) is 5.73 Å². The Morgan fingerprint density at radius 1 is 1.10 bits per heavy atom. The highest BCUT2D eigenvalue weighted by molar-refractivity contribution is 7.17. The number of nitrogens with two attached hydrogens (primary N) is 1. The number of aryl methyl sites for hydroxylation is 3. The molecule has 0 radical (unpaired) electrons. The quantitative estimate of drug-likeness (QED) is 0.422. The Labute approximate surface area is 188 Å². The Morgan fingerprint density at radius 2 is 1.90 bits per heavy atom. The molecule has 2 amide bonds. The molecule has 0 unspecified atom stereocenters. The SMILES string of the molecule is NC(=O)c1c(NC(=O)c2cc3sccc3n2CCc2ccccc2)sc2c1CCCC2. The molecular formula is C24H23N3O2S2. The van der Waals surface area contributed by atoms with E-state index in [9.17, 15) is 9.59 Å². The van der Waals surface area contributed by atoms with Crippen molar-refractivity contribution in [1.29, 1.82) is 0 Å². The standard InChI is InChI=1S/C24H23N3O2S2/c25-22(28)21-16-8-4-5-9-19(16)31-24(21)26-23(29)18-14-20-17(11-13-30-20)27(18)12-10-15-6-2-1-3-7-15/h1-3,6-7,11,13-14H,4-5,8-10,12H2,(H2,25,28)(H,26,29). The van der Waals surface area contributed by atoms with E-state index in [-0.39, 0.29) is 5.91 Å². The summed E-state index contributed by atoms with van der Waals surface area (Å²) in [5.41, 5.74) is 10.1. The van der Waals surface area contributed by atoms with Crippen molar-refractivity contribution in [3.8, 4) is 0 Å². The Hall–Kier alpha value is -2.90. The highest BCUT2D eigenvalue weighted by Crippen LogP contribution is 2.38. The van der Waals surface area contributed by atoms with E-state index in [2.05, 4.69) is 28.1 Å². The maximum absolute atomic E-state index is 13.3. The molecule has 0 spiro atoms. The number of fused-ring (bicyclic) bond motifs is 2. The first-order chi connectivity index (χ1) is 15.1. The van der Waals surface area contributed by atoms with Gasteiger partial charge < -0.3 is 15.6 Å². The molecular weight excluding hydrogens is 426 g/mol. The van der Waals surface area contributed by atoms with Gasteiger partial charge in [-0.2, -0.15) is 0 Å². The minimum Gasteiger partial charge on any atom is -0.365 e. The van der Waals surface area contributed by atoms with Crippen LogP contribution in [0.1, 0.15) is 49.7 Å². The lowest BCUT2D eigenvalue weighted by Gasteiger charge is -2.12. The number of nitrogens with one attached hydrogen (secondary N) is 1. The number of hydrogen-bond acceptors (Lipinski definition) is 4. The van der Waals surface area contributed by atoms with Crippen LogP contribution in [0.5, 0.6) is 0 Å². The number of carbonyl (C=O) groups excluding carboxylic acids is 2. The Balaban J connectivity index is 1.46. The Bertz CT molecular complexity index is 1270. The molecule has 0 aliphatic heterocycles. The van der Waals surface area contributed by atoms with Gasteiger partial charge in [-0.15, -0.1) is 22.7 Å². The fraction of sp³-hybridized carbons (Fsp3) is 0.250. The van der Waals surface area contributed by atoms with Crippen LogP contribution >= 0.6 is 22.7 Å². The fourth-order valence-electron chi connectivity index (χ4n) is 4.37. The third-order valence-electron chi connectivity index (χ3n) is 5.87. The van der Waals surface area contributed by atoms with E-state index in [0.29, 0.717) is 22.8 Å². The van der Waals surface area contributed by atoms with E-state index in [1.807, 2.05) is 29.6 Å². The van der Waals surface area contributed by atoms with Gasteiger partial charge >= 0.3 is 0 Å². The zero-order chi connectivity index (χ0) is 21.4. The smallest absolute Gasteiger partial charge is 0.272 e. The van der Waals surface area contributed by atoms with Crippen molar-refractivity contribution in [3.05, 3.63) is 75.1 Å². The molecule has 0 saturated heterocycles. The van der Waals surface area contributed by atoms with Crippen LogP contribution < -0.4 is 11.1 Å². The van der Waals surface area contributed by atoms with E-state index in [4.69, 9.17) is 5.73 Å². The van der Waals surface area contributed by atoms with Gasteiger partial charge in [0.25, 0.3) is 11.8 Å². The number of amides is 2. The minimum absolute atomic E-state index is 0.197. The maximum Gasteiger partial charge on any atom is 0.272 e. The fourth-order valence-corrected chi connectivity index (χ4v) is 6.49. The van der Waals surface area contributed by atoms with Crippen LogP contribution in [-0.4, -0.2) is 16.4 Å². The third-order valence-corrected chi connectivity index (χ3v) is 7.93. The third kappa shape index (κ3) is 3.79. The first-order valence-corrected chi connectivity index (χ1v) is 12.2. The van der Waals surface area contributed by atoms with E-state index in [0.717, 1.165) is 47.9 Å².